The summed E-state index contributed by atoms with van der Waals surface area (Å²) in [6.45, 7) is 1.30. The van der Waals surface area contributed by atoms with E-state index < -0.39 is 41.9 Å². The lowest BCUT2D eigenvalue weighted by molar-refractivity contribution is -0.164. The van der Waals surface area contributed by atoms with E-state index in [1.54, 1.807) is 18.2 Å². The standard InChI is InChI=1S/C15H14ClN3O5/c1-7(20)18-6-10-11(14(22)19(10)13(18)15(23)24)17-12(21)8-4-2-3-5-9(8)16/h2-5,10-11,13H,6H2,1H3,(H,17,21)(H,23,24)/t10?,11-,13?/m0/s1. The van der Waals surface area contributed by atoms with Gasteiger partial charge in [-0.05, 0) is 12.1 Å². The second kappa shape index (κ2) is 5.79. The molecule has 2 aliphatic rings. The van der Waals surface area contributed by atoms with Gasteiger partial charge in [0.2, 0.25) is 18.0 Å². The number of nitrogens with one attached hydrogen (secondary N) is 1. The maximum absolute atomic E-state index is 12.3. The van der Waals surface area contributed by atoms with Crippen molar-refractivity contribution in [3.05, 3.63) is 34.9 Å². The Bertz CT molecular complexity index is 752. The molecular weight excluding hydrogens is 338 g/mol. The van der Waals surface area contributed by atoms with E-state index in [-0.39, 0.29) is 17.1 Å². The van der Waals surface area contributed by atoms with Gasteiger partial charge >= 0.3 is 5.97 Å². The molecule has 2 N–H and O–H groups in total. The Kier molecular flexibility index (Phi) is 3.92. The van der Waals surface area contributed by atoms with Gasteiger partial charge in [-0.1, -0.05) is 23.7 Å². The average molecular weight is 352 g/mol. The largest absolute Gasteiger partial charge is 0.478 e. The first-order valence-corrected chi connectivity index (χ1v) is 7.58. The number of fused-ring (bicyclic) bond motifs is 1. The number of hydrogen-bond acceptors (Lipinski definition) is 4. The first-order chi connectivity index (χ1) is 11.3. The van der Waals surface area contributed by atoms with E-state index >= 15 is 0 Å². The third-order valence-electron chi connectivity index (χ3n) is 4.24. The summed E-state index contributed by atoms with van der Waals surface area (Å²) in [5.74, 6) is -2.78. The van der Waals surface area contributed by atoms with Gasteiger partial charge in [0.15, 0.2) is 0 Å². The van der Waals surface area contributed by atoms with Gasteiger partial charge in [-0.25, -0.2) is 4.79 Å². The Labute approximate surface area is 142 Å². The van der Waals surface area contributed by atoms with Gasteiger partial charge in [0.25, 0.3) is 5.91 Å². The molecule has 1 aromatic rings. The maximum atomic E-state index is 12.3. The SMILES string of the molecule is CC(=O)N1CC2[C@H](NC(=O)c3ccccc3Cl)C(=O)N2C1C(=O)O. The summed E-state index contributed by atoms with van der Waals surface area (Å²) in [6, 6.07) is 4.96. The number of nitrogens with zero attached hydrogens (tertiary/aromatic N) is 2. The molecule has 0 aliphatic carbocycles. The van der Waals surface area contributed by atoms with Crippen LogP contribution in [0.5, 0.6) is 0 Å². The van der Waals surface area contributed by atoms with Crippen molar-refractivity contribution in [3.8, 4) is 0 Å². The summed E-state index contributed by atoms with van der Waals surface area (Å²) in [5.41, 5.74) is 0.224. The molecule has 2 unspecified atom stereocenters. The minimum absolute atomic E-state index is 0.0610. The van der Waals surface area contributed by atoms with Crippen molar-refractivity contribution in [1.29, 1.82) is 0 Å². The summed E-state index contributed by atoms with van der Waals surface area (Å²) < 4.78 is 0. The number of amides is 3. The number of hydrogen-bond donors (Lipinski definition) is 2. The van der Waals surface area contributed by atoms with Crippen molar-refractivity contribution in [3.63, 3.8) is 0 Å². The predicted octanol–water partition coefficient (Wildman–Crippen LogP) is -0.0780. The molecule has 8 nitrogen and oxygen atoms in total. The van der Waals surface area contributed by atoms with Gasteiger partial charge in [-0.3, -0.25) is 14.4 Å². The molecule has 24 heavy (non-hydrogen) atoms. The number of benzene rings is 1. The average Bonchev–Trinajstić information content (AvgIpc) is 2.89. The molecular formula is C15H14ClN3O5. The number of carboxylic acid groups (broad SMARTS) is 1. The number of aliphatic carboxylic acids is 1. The second-order valence-corrected chi connectivity index (χ2v) is 6.03. The summed E-state index contributed by atoms with van der Waals surface area (Å²) >= 11 is 5.95. The smallest absolute Gasteiger partial charge is 0.347 e. The lowest BCUT2D eigenvalue weighted by Crippen LogP contribution is -2.71. The number of rotatable bonds is 3. The Morgan fingerprint density at radius 3 is 2.54 bits per heavy atom. The van der Waals surface area contributed by atoms with E-state index in [0.29, 0.717) is 0 Å². The van der Waals surface area contributed by atoms with Crippen LogP contribution in [0.3, 0.4) is 0 Å². The topological polar surface area (TPSA) is 107 Å². The molecule has 2 aliphatic heterocycles. The fourth-order valence-electron chi connectivity index (χ4n) is 3.09. The molecule has 0 bridgehead atoms. The van der Waals surface area contributed by atoms with Crippen molar-refractivity contribution in [2.24, 2.45) is 0 Å². The van der Waals surface area contributed by atoms with Crippen molar-refractivity contribution in [1.82, 2.24) is 15.1 Å². The van der Waals surface area contributed by atoms with Crippen LogP contribution in [0.1, 0.15) is 17.3 Å². The molecule has 0 radical (unpaired) electrons. The van der Waals surface area contributed by atoms with E-state index in [1.165, 1.54) is 13.0 Å². The highest BCUT2D eigenvalue weighted by Gasteiger charge is 2.60. The first kappa shape index (κ1) is 16.3. The lowest BCUT2D eigenvalue weighted by atomic mass is 9.96. The van der Waals surface area contributed by atoms with Gasteiger partial charge in [-0.15, -0.1) is 0 Å². The van der Waals surface area contributed by atoms with Crippen LogP contribution in [0.4, 0.5) is 0 Å². The van der Waals surface area contributed by atoms with Crippen LogP contribution in [0.15, 0.2) is 24.3 Å². The van der Waals surface area contributed by atoms with E-state index in [0.717, 1.165) is 9.80 Å². The molecule has 126 valence electrons. The van der Waals surface area contributed by atoms with Gasteiger partial charge in [0.05, 0.1) is 16.6 Å². The second-order valence-electron chi connectivity index (χ2n) is 5.63. The molecule has 2 heterocycles. The van der Waals surface area contributed by atoms with Gasteiger partial charge in [0, 0.05) is 13.5 Å². The normalized spacial score (nSPS) is 25.1. The molecule has 9 heteroatoms. The first-order valence-electron chi connectivity index (χ1n) is 7.20. The Morgan fingerprint density at radius 2 is 1.96 bits per heavy atom. The maximum Gasteiger partial charge on any atom is 0.347 e. The molecule has 2 fully saturated rings. The van der Waals surface area contributed by atoms with Crippen molar-refractivity contribution >= 4 is 35.3 Å². The molecule has 0 spiro atoms. The van der Waals surface area contributed by atoms with E-state index in [2.05, 4.69) is 5.32 Å². The number of carboxylic acids is 1. The fraction of sp³-hybridized carbons (Fsp3) is 0.333. The van der Waals surface area contributed by atoms with Crippen LogP contribution >= 0.6 is 11.6 Å². The molecule has 3 atom stereocenters. The summed E-state index contributed by atoms with van der Waals surface area (Å²) in [4.78, 5) is 49.7. The third kappa shape index (κ3) is 2.39. The zero-order valence-electron chi connectivity index (χ0n) is 12.6. The van der Waals surface area contributed by atoms with Crippen molar-refractivity contribution in [2.75, 3.05) is 6.54 Å². The minimum atomic E-state index is -1.33. The fourth-order valence-corrected chi connectivity index (χ4v) is 3.31. The van der Waals surface area contributed by atoms with Gasteiger partial charge < -0.3 is 20.2 Å². The summed E-state index contributed by atoms with van der Waals surface area (Å²) in [7, 11) is 0. The molecule has 0 aromatic heterocycles. The van der Waals surface area contributed by atoms with Crippen LogP contribution < -0.4 is 5.32 Å². The number of halogens is 1. The van der Waals surface area contributed by atoms with E-state index in [9.17, 15) is 24.3 Å². The monoisotopic (exact) mass is 351 g/mol. The van der Waals surface area contributed by atoms with Gasteiger partial charge in [-0.2, -0.15) is 0 Å². The lowest BCUT2D eigenvalue weighted by Gasteiger charge is -2.43. The highest BCUT2D eigenvalue weighted by molar-refractivity contribution is 6.33. The Morgan fingerprint density at radius 1 is 1.29 bits per heavy atom. The zero-order chi connectivity index (χ0) is 17.6. The number of carbonyl (C=O) groups excluding carboxylic acids is 3. The molecule has 2 saturated heterocycles. The zero-order valence-corrected chi connectivity index (χ0v) is 13.4. The van der Waals surface area contributed by atoms with E-state index in [1.807, 2.05) is 0 Å². The van der Waals surface area contributed by atoms with E-state index in [4.69, 9.17) is 11.6 Å². The van der Waals surface area contributed by atoms with Crippen molar-refractivity contribution < 1.29 is 24.3 Å². The van der Waals surface area contributed by atoms with Crippen LogP contribution in [0.25, 0.3) is 0 Å². The molecule has 3 rings (SSSR count). The highest BCUT2D eigenvalue weighted by Crippen LogP contribution is 2.33. The summed E-state index contributed by atoms with van der Waals surface area (Å²) in [6.07, 6.45) is -1.33. The third-order valence-corrected chi connectivity index (χ3v) is 4.57. The summed E-state index contributed by atoms with van der Waals surface area (Å²) in [5, 5.41) is 12.1. The molecule has 0 saturated carbocycles. The quantitative estimate of drug-likeness (QED) is 0.741. The minimum Gasteiger partial charge on any atom is -0.478 e. The Balaban J connectivity index is 1.78. The van der Waals surface area contributed by atoms with Crippen molar-refractivity contribution in [2.45, 2.75) is 25.2 Å². The Hall–Kier alpha value is -2.61. The molecule has 1 aromatic carbocycles. The van der Waals surface area contributed by atoms with Crippen LogP contribution in [-0.2, 0) is 14.4 Å². The number of carbonyl (C=O) groups is 4. The predicted molar refractivity (Wildman–Crippen MR) is 82.2 cm³/mol. The van der Waals surface area contributed by atoms with Gasteiger partial charge in [0.1, 0.15) is 6.04 Å². The van der Waals surface area contributed by atoms with Crippen LogP contribution in [-0.4, -0.2) is 63.4 Å². The van der Waals surface area contributed by atoms with Crippen LogP contribution in [0, 0.1) is 0 Å². The highest BCUT2D eigenvalue weighted by atomic mass is 35.5. The number of β-lactam (4-membered cyclic amide) rings is 1. The van der Waals surface area contributed by atoms with Crippen LogP contribution in [0.2, 0.25) is 5.02 Å². The molecule has 3 amide bonds.